The van der Waals surface area contributed by atoms with Crippen molar-refractivity contribution in [3.05, 3.63) is 48.6 Å². The zero-order valence-corrected chi connectivity index (χ0v) is 34.5. The first kappa shape index (κ1) is 51.6. The van der Waals surface area contributed by atoms with E-state index in [0.717, 1.165) is 70.6 Å². The number of hydrogen-bond donors (Lipinski definition) is 7. The van der Waals surface area contributed by atoms with Crippen molar-refractivity contribution in [3.63, 3.8) is 0 Å². The van der Waals surface area contributed by atoms with Gasteiger partial charge in [0.05, 0.1) is 19.8 Å². The first-order valence-electron chi connectivity index (χ1n) is 21.2. The predicted molar refractivity (Wildman–Crippen MR) is 215 cm³/mol. The minimum atomic E-state index is -1.77. The van der Waals surface area contributed by atoms with Crippen molar-refractivity contribution < 1.29 is 73.8 Å². The van der Waals surface area contributed by atoms with Crippen LogP contribution in [0, 0.1) is 0 Å². The molecule has 0 bridgehead atoms. The highest BCUT2D eigenvalue weighted by Gasteiger charge is 2.47. The first-order chi connectivity index (χ1) is 28.0. The van der Waals surface area contributed by atoms with Crippen LogP contribution < -0.4 is 0 Å². The van der Waals surface area contributed by atoms with Crippen LogP contribution in [0.4, 0.5) is 0 Å². The van der Waals surface area contributed by atoms with Crippen molar-refractivity contribution in [2.75, 3.05) is 26.4 Å². The average Bonchev–Trinajstić information content (AvgIpc) is 3.21. The topological polar surface area (TPSA) is 231 Å². The Morgan fingerprint density at radius 1 is 0.569 bits per heavy atom. The van der Waals surface area contributed by atoms with Crippen LogP contribution in [0.2, 0.25) is 0 Å². The molecule has 0 amide bonds. The smallest absolute Gasteiger partial charge is 0.306 e. The minimum Gasteiger partial charge on any atom is -0.462 e. The molecule has 2 heterocycles. The van der Waals surface area contributed by atoms with Crippen molar-refractivity contribution >= 4 is 11.9 Å². The molecule has 2 aliphatic heterocycles. The van der Waals surface area contributed by atoms with E-state index in [-0.39, 0.29) is 19.4 Å². The Morgan fingerprint density at radius 2 is 1.09 bits per heavy atom. The molecule has 4 unspecified atom stereocenters. The predicted octanol–water partition coefficient (Wildman–Crippen LogP) is 3.59. The lowest BCUT2D eigenvalue weighted by Crippen LogP contribution is -2.61. The Balaban J connectivity index is 1.87. The van der Waals surface area contributed by atoms with Crippen LogP contribution in [0.15, 0.2) is 48.6 Å². The Labute approximate surface area is 344 Å². The second kappa shape index (κ2) is 31.4. The molecule has 0 aliphatic carbocycles. The van der Waals surface area contributed by atoms with Gasteiger partial charge in [0.15, 0.2) is 18.7 Å². The van der Waals surface area contributed by atoms with Crippen molar-refractivity contribution in [2.45, 2.75) is 184 Å². The SMILES string of the molecule is CC/C=C/C/C=C/C/C=C/C/C=C/CCCCC(=O)OC[C@H](CO[C@@H]1O[C@H](CO[C@@H]2O[C@H](CO)[C@H](O)C(O)C2O)[C@H](O)C(O)C1O)OC(=O)CCCCCCCCC. The Morgan fingerprint density at radius 3 is 1.71 bits per heavy atom. The molecule has 0 spiro atoms. The van der Waals surface area contributed by atoms with E-state index in [0.29, 0.717) is 12.8 Å². The van der Waals surface area contributed by atoms with E-state index in [9.17, 15) is 45.3 Å². The van der Waals surface area contributed by atoms with Gasteiger partial charge in [0.2, 0.25) is 0 Å². The molecule has 2 fully saturated rings. The summed E-state index contributed by atoms with van der Waals surface area (Å²) in [6, 6.07) is 0. The number of rotatable bonds is 30. The van der Waals surface area contributed by atoms with Gasteiger partial charge in [-0.3, -0.25) is 9.59 Å². The third-order valence-corrected chi connectivity index (χ3v) is 9.82. The molecule has 0 aromatic heterocycles. The number of aliphatic hydroxyl groups excluding tert-OH is 7. The van der Waals surface area contributed by atoms with E-state index in [1.807, 2.05) is 0 Å². The Bertz CT molecular complexity index is 1210. The second-order valence-electron chi connectivity index (χ2n) is 14.8. The molecule has 0 aromatic rings. The molecule has 11 atom stereocenters. The number of hydrogen-bond acceptors (Lipinski definition) is 15. The highest BCUT2D eigenvalue weighted by Crippen LogP contribution is 2.26. The highest BCUT2D eigenvalue weighted by atomic mass is 16.7. The van der Waals surface area contributed by atoms with Gasteiger partial charge in [-0.15, -0.1) is 0 Å². The van der Waals surface area contributed by atoms with E-state index in [4.69, 9.17) is 28.4 Å². The van der Waals surface area contributed by atoms with Crippen molar-refractivity contribution in [3.8, 4) is 0 Å². The molecule has 15 nitrogen and oxygen atoms in total. The first-order valence-corrected chi connectivity index (χ1v) is 21.2. The van der Waals surface area contributed by atoms with Crippen molar-refractivity contribution in [1.29, 1.82) is 0 Å². The number of unbranched alkanes of at least 4 members (excludes halogenated alkanes) is 8. The Kier molecular flexibility index (Phi) is 27.9. The van der Waals surface area contributed by atoms with Gasteiger partial charge in [-0.2, -0.15) is 0 Å². The number of carbonyl (C=O) groups is 2. The maximum absolute atomic E-state index is 12.8. The maximum Gasteiger partial charge on any atom is 0.306 e. The highest BCUT2D eigenvalue weighted by molar-refractivity contribution is 5.70. The zero-order valence-electron chi connectivity index (χ0n) is 34.5. The van der Waals surface area contributed by atoms with Gasteiger partial charge in [0, 0.05) is 12.8 Å². The molecule has 334 valence electrons. The van der Waals surface area contributed by atoms with Gasteiger partial charge < -0.3 is 64.2 Å². The van der Waals surface area contributed by atoms with Crippen LogP contribution in [0.5, 0.6) is 0 Å². The molecular formula is C43H72O15. The molecule has 0 aromatic carbocycles. The van der Waals surface area contributed by atoms with Gasteiger partial charge >= 0.3 is 11.9 Å². The Hall–Kier alpha value is -2.54. The fraction of sp³-hybridized carbons (Fsp3) is 0.767. The third kappa shape index (κ3) is 20.6. The summed E-state index contributed by atoms with van der Waals surface area (Å²) in [5.41, 5.74) is 0. The van der Waals surface area contributed by atoms with Crippen LogP contribution in [0.1, 0.15) is 117 Å². The summed E-state index contributed by atoms with van der Waals surface area (Å²) < 4.78 is 33.2. The molecule has 7 N–H and O–H groups in total. The molecule has 0 saturated carbocycles. The quantitative estimate of drug-likeness (QED) is 0.0312. The number of allylic oxidation sites excluding steroid dienone is 8. The number of carbonyl (C=O) groups excluding carboxylic acids is 2. The van der Waals surface area contributed by atoms with E-state index in [2.05, 4.69) is 62.5 Å². The largest absolute Gasteiger partial charge is 0.462 e. The van der Waals surface area contributed by atoms with Crippen LogP contribution in [-0.4, -0.2) is 142 Å². The van der Waals surface area contributed by atoms with E-state index in [1.165, 1.54) is 6.42 Å². The van der Waals surface area contributed by atoms with Crippen LogP contribution in [-0.2, 0) is 38.0 Å². The third-order valence-electron chi connectivity index (χ3n) is 9.82. The van der Waals surface area contributed by atoms with Gasteiger partial charge in [-0.1, -0.05) is 101 Å². The molecule has 2 saturated heterocycles. The van der Waals surface area contributed by atoms with Gasteiger partial charge in [-0.05, 0) is 51.4 Å². The summed E-state index contributed by atoms with van der Waals surface area (Å²) in [6.45, 7) is 2.33. The number of ether oxygens (including phenoxy) is 6. The number of esters is 2. The summed E-state index contributed by atoms with van der Waals surface area (Å²) in [4.78, 5) is 25.4. The lowest BCUT2D eigenvalue weighted by Gasteiger charge is -2.42. The molecule has 2 rings (SSSR count). The fourth-order valence-corrected chi connectivity index (χ4v) is 6.26. The molecule has 2 aliphatic rings. The van der Waals surface area contributed by atoms with Gasteiger partial charge in [-0.25, -0.2) is 0 Å². The second-order valence-corrected chi connectivity index (χ2v) is 14.8. The summed E-state index contributed by atoms with van der Waals surface area (Å²) in [5, 5.41) is 71.6. The fourth-order valence-electron chi connectivity index (χ4n) is 6.26. The summed E-state index contributed by atoms with van der Waals surface area (Å²) in [7, 11) is 0. The summed E-state index contributed by atoms with van der Waals surface area (Å²) in [5.74, 6) is -0.987. The van der Waals surface area contributed by atoms with Crippen LogP contribution in [0.25, 0.3) is 0 Å². The monoisotopic (exact) mass is 828 g/mol. The van der Waals surface area contributed by atoms with E-state index >= 15 is 0 Å². The van der Waals surface area contributed by atoms with Crippen LogP contribution in [0.3, 0.4) is 0 Å². The molecule has 15 heteroatoms. The summed E-state index contributed by atoms with van der Waals surface area (Å²) in [6.07, 6.45) is 13.4. The molecular weight excluding hydrogens is 756 g/mol. The van der Waals surface area contributed by atoms with Crippen molar-refractivity contribution in [2.24, 2.45) is 0 Å². The normalized spacial score (nSPS) is 28.6. The standard InChI is InChI=1S/C43H72O15/c1-3-5-7-9-11-12-13-14-15-16-17-18-20-21-23-25-34(45)53-28-31(56-35(46)26-24-22-19-10-8-6-4-2)29-54-42-41(52)39(50)37(48)33(58-42)30-55-43-40(51)38(49)36(47)32(27-44)57-43/h5,7,11-12,14-15,17-18,31-33,36-44,47-52H,3-4,6,8-10,13,16,19-30H2,1-2H3/b7-5+,12-11+,15-14+,18-17+/t31-,32-,33-,36+,37+,38?,39?,40?,41?,42-,43-/m1/s1. The molecule has 58 heavy (non-hydrogen) atoms. The van der Waals surface area contributed by atoms with Crippen molar-refractivity contribution in [1.82, 2.24) is 0 Å². The van der Waals surface area contributed by atoms with Gasteiger partial charge in [0.1, 0.15) is 55.4 Å². The van der Waals surface area contributed by atoms with E-state index < -0.39 is 99.3 Å². The molecule has 0 radical (unpaired) electrons. The maximum atomic E-state index is 12.8. The van der Waals surface area contributed by atoms with Gasteiger partial charge in [0.25, 0.3) is 0 Å². The lowest BCUT2D eigenvalue weighted by molar-refractivity contribution is -0.332. The summed E-state index contributed by atoms with van der Waals surface area (Å²) >= 11 is 0. The van der Waals surface area contributed by atoms with E-state index in [1.54, 1.807) is 0 Å². The minimum absolute atomic E-state index is 0.153. The zero-order chi connectivity index (χ0) is 42.5. The average molecular weight is 829 g/mol. The van der Waals surface area contributed by atoms with Crippen LogP contribution >= 0.6 is 0 Å². The lowest BCUT2D eigenvalue weighted by atomic mass is 9.98. The number of aliphatic hydroxyl groups is 7.